The molecule has 0 aliphatic carbocycles. The minimum Gasteiger partial charge on any atom is -0.423 e. The molecule has 3 aromatic rings. The smallest absolute Gasteiger partial charge is 0.343 e. The largest absolute Gasteiger partial charge is 0.423 e. The van der Waals surface area contributed by atoms with Gasteiger partial charge in [0.05, 0.1) is 11.1 Å². The van der Waals surface area contributed by atoms with Crippen LogP contribution in [0, 0.1) is 0 Å². The molecule has 30 heavy (non-hydrogen) atoms. The number of thiophene rings is 1. The van der Waals surface area contributed by atoms with Gasteiger partial charge in [0, 0.05) is 18.0 Å². The fraction of sp³-hybridized carbons (Fsp3) is 0.217. The molecular weight excluding hydrogens is 398 g/mol. The van der Waals surface area contributed by atoms with E-state index in [4.69, 9.17) is 4.74 Å². The first-order valence-corrected chi connectivity index (χ1v) is 10.7. The number of hydrogen-bond acceptors (Lipinski definition) is 6. The van der Waals surface area contributed by atoms with Gasteiger partial charge < -0.3 is 20.3 Å². The van der Waals surface area contributed by atoms with Gasteiger partial charge in [-0.15, -0.1) is 11.3 Å². The molecule has 2 aliphatic heterocycles. The second-order valence-electron chi connectivity index (χ2n) is 7.57. The highest BCUT2D eigenvalue weighted by molar-refractivity contribution is 7.16. The third-order valence-corrected chi connectivity index (χ3v) is 6.61. The summed E-state index contributed by atoms with van der Waals surface area (Å²) < 4.78 is 5.44. The Labute approximate surface area is 178 Å². The molecule has 3 heterocycles. The van der Waals surface area contributed by atoms with Crippen LogP contribution in [0.15, 0.2) is 54.6 Å². The Morgan fingerprint density at radius 2 is 1.87 bits per heavy atom. The van der Waals surface area contributed by atoms with Crippen LogP contribution in [0.3, 0.4) is 0 Å². The van der Waals surface area contributed by atoms with Gasteiger partial charge in [0.25, 0.3) is 5.91 Å². The number of rotatable bonds is 3. The number of nitrogens with one attached hydrogen (secondary N) is 2. The summed E-state index contributed by atoms with van der Waals surface area (Å²) in [6, 6.07) is 16.1. The molecule has 1 atom stereocenters. The first kappa shape index (κ1) is 18.8. The lowest BCUT2D eigenvalue weighted by atomic mass is 10.0. The van der Waals surface area contributed by atoms with Crippen LogP contribution in [0.25, 0.3) is 0 Å². The van der Waals surface area contributed by atoms with Crippen LogP contribution < -0.4 is 15.4 Å². The molecule has 7 heteroatoms. The zero-order chi connectivity index (χ0) is 20.7. The third-order valence-electron chi connectivity index (χ3n) is 5.46. The standard InChI is InChI=1S/C23H21N3O3S/c1-26-12-11-17-18(13-26)30-22-19(17)21(27)24-20(25-22)14-7-9-16(10-8-14)29-23(28)15-5-3-2-4-6-15/h2-10,20,25H,11-13H2,1H3,(H,24,27)/t20-/m0/s1. The average Bonchev–Trinajstić information content (AvgIpc) is 3.12. The molecule has 0 spiro atoms. The van der Waals surface area contributed by atoms with Gasteiger partial charge in [-0.05, 0) is 48.9 Å². The van der Waals surface area contributed by atoms with Crippen LogP contribution in [0.2, 0.25) is 0 Å². The van der Waals surface area contributed by atoms with Gasteiger partial charge in [-0.1, -0.05) is 30.3 Å². The molecule has 0 saturated heterocycles. The van der Waals surface area contributed by atoms with Crippen molar-refractivity contribution in [2.45, 2.75) is 19.1 Å². The topological polar surface area (TPSA) is 70.7 Å². The summed E-state index contributed by atoms with van der Waals surface area (Å²) in [5.41, 5.74) is 3.38. The van der Waals surface area contributed by atoms with Crippen molar-refractivity contribution in [3.63, 3.8) is 0 Å². The molecular formula is C23H21N3O3S. The number of carbonyl (C=O) groups excluding carboxylic acids is 2. The van der Waals surface area contributed by atoms with Crippen molar-refractivity contribution in [3.05, 3.63) is 81.7 Å². The van der Waals surface area contributed by atoms with Gasteiger partial charge in [0.15, 0.2) is 0 Å². The molecule has 2 aliphatic rings. The van der Waals surface area contributed by atoms with E-state index < -0.39 is 5.97 Å². The Bertz CT molecular complexity index is 1110. The minimum absolute atomic E-state index is 0.0321. The van der Waals surface area contributed by atoms with Crippen LogP contribution in [0.4, 0.5) is 5.00 Å². The van der Waals surface area contributed by atoms with Crippen molar-refractivity contribution >= 4 is 28.2 Å². The Hall–Kier alpha value is -3.16. The van der Waals surface area contributed by atoms with Crippen molar-refractivity contribution in [2.24, 2.45) is 0 Å². The van der Waals surface area contributed by atoms with E-state index in [0.29, 0.717) is 11.3 Å². The lowest BCUT2D eigenvalue weighted by Crippen LogP contribution is -2.38. The van der Waals surface area contributed by atoms with Crippen LogP contribution in [0.1, 0.15) is 42.9 Å². The fourth-order valence-corrected chi connectivity index (χ4v) is 5.23. The number of anilines is 1. The third kappa shape index (κ3) is 3.46. The Morgan fingerprint density at radius 1 is 1.10 bits per heavy atom. The first-order valence-electron chi connectivity index (χ1n) is 9.86. The normalized spacial score (nSPS) is 18.0. The summed E-state index contributed by atoms with van der Waals surface area (Å²) in [4.78, 5) is 28.6. The summed E-state index contributed by atoms with van der Waals surface area (Å²) in [6.45, 7) is 1.85. The second-order valence-corrected chi connectivity index (χ2v) is 8.68. The summed E-state index contributed by atoms with van der Waals surface area (Å²) in [5, 5.41) is 7.45. The van der Waals surface area contributed by atoms with Gasteiger partial charge in [0.2, 0.25) is 0 Å². The lowest BCUT2D eigenvalue weighted by Gasteiger charge is -2.27. The van der Waals surface area contributed by atoms with Gasteiger partial charge in [-0.2, -0.15) is 0 Å². The average molecular weight is 420 g/mol. The van der Waals surface area contributed by atoms with Crippen molar-refractivity contribution < 1.29 is 14.3 Å². The summed E-state index contributed by atoms with van der Waals surface area (Å²) >= 11 is 1.67. The summed E-state index contributed by atoms with van der Waals surface area (Å²) in [5.74, 6) is 0.0339. The fourth-order valence-electron chi connectivity index (χ4n) is 3.88. The van der Waals surface area contributed by atoms with Crippen LogP contribution >= 0.6 is 11.3 Å². The zero-order valence-corrected chi connectivity index (χ0v) is 17.3. The number of carbonyl (C=O) groups is 2. The van der Waals surface area contributed by atoms with E-state index in [1.54, 1.807) is 47.7 Å². The maximum Gasteiger partial charge on any atom is 0.343 e. The van der Waals surface area contributed by atoms with E-state index in [9.17, 15) is 9.59 Å². The van der Waals surface area contributed by atoms with E-state index in [0.717, 1.165) is 35.6 Å². The summed E-state index contributed by atoms with van der Waals surface area (Å²) in [6.07, 6.45) is 0.584. The second kappa shape index (κ2) is 7.59. The number of hydrogen-bond donors (Lipinski definition) is 2. The molecule has 6 nitrogen and oxygen atoms in total. The monoisotopic (exact) mass is 419 g/mol. The van der Waals surface area contributed by atoms with Crippen LogP contribution in [-0.2, 0) is 13.0 Å². The molecule has 2 N–H and O–H groups in total. The Morgan fingerprint density at radius 3 is 2.63 bits per heavy atom. The van der Waals surface area contributed by atoms with Crippen molar-refractivity contribution in [2.75, 3.05) is 18.9 Å². The number of likely N-dealkylation sites (N-methyl/N-ethyl adjacent to an activating group) is 1. The predicted octanol–water partition coefficient (Wildman–Crippen LogP) is 3.81. The maximum absolute atomic E-state index is 12.8. The molecule has 5 rings (SSSR count). The zero-order valence-electron chi connectivity index (χ0n) is 16.5. The van der Waals surface area contributed by atoms with E-state index in [1.165, 1.54) is 10.4 Å². The minimum atomic E-state index is -0.397. The number of amides is 1. The molecule has 0 bridgehead atoms. The molecule has 0 fully saturated rings. The van der Waals surface area contributed by atoms with E-state index in [2.05, 4.69) is 22.6 Å². The lowest BCUT2D eigenvalue weighted by molar-refractivity contribution is 0.0734. The number of nitrogens with zero attached hydrogens (tertiary/aromatic N) is 1. The molecule has 0 saturated carbocycles. The number of esters is 1. The van der Waals surface area contributed by atoms with Gasteiger partial charge in [-0.25, -0.2) is 4.79 Å². The quantitative estimate of drug-likeness (QED) is 0.499. The van der Waals surface area contributed by atoms with Crippen molar-refractivity contribution in [1.29, 1.82) is 0 Å². The highest BCUT2D eigenvalue weighted by atomic mass is 32.1. The van der Waals surface area contributed by atoms with E-state index in [1.807, 2.05) is 18.2 Å². The first-order chi connectivity index (χ1) is 14.6. The van der Waals surface area contributed by atoms with Crippen LogP contribution in [-0.4, -0.2) is 30.4 Å². The Balaban J connectivity index is 1.32. The van der Waals surface area contributed by atoms with Crippen molar-refractivity contribution in [3.8, 4) is 5.75 Å². The molecule has 1 amide bonds. The van der Waals surface area contributed by atoms with Crippen molar-refractivity contribution in [1.82, 2.24) is 10.2 Å². The van der Waals surface area contributed by atoms with Gasteiger partial charge in [-0.3, -0.25) is 4.79 Å². The predicted molar refractivity (Wildman–Crippen MR) is 116 cm³/mol. The molecule has 0 unspecified atom stereocenters. The number of fused-ring (bicyclic) bond motifs is 3. The number of ether oxygens (including phenoxy) is 1. The van der Waals surface area contributed by atoms with E-state index >= 15 is 0 Å². The molecule has 0 radical (unpaired) electrons. The molecule has 2 aromatic carbocycles. The maximum atomic E-state index is 12.8. The summed E-state index contributed by atoms with van der Waals surface area (Å²) in [7, 11) is 2.10. The van der Waals surface area contributed by atoms with Crippen LogP contribution in [0.5, 0.6) is 5.75 Å². The Kier molecular flexibility index (Phi) is 4.77. The molecule has 1 aromatic heterocycles. The highest BCUT2D eigenvalue weighted by Crippen LogP contribution is 2.40. The van der Waals surface area contributed by atoms with Gasteiger partial charge >= 0.3 is 5.97 Å². The highest BCUT2D eigenvalue weighted by Gasteiger charge is 2.32. The van der Waals surface area contributed by atoms with E-state index in [-0.39, 0.29) is 12.1 Å². The number of benzene rings is 2. The molecule has 152 valence electrons. The van der Waals surface area contributed by atoms with Gasteiger partial charge in [0.1, 0.15) is 16.9 Å². The SMILES string of the molecule is CN1CCc2c(sc3c2C(=O)N[C@H](c2ccc(OC(=O)c4ccccc4)cc2)N3)C1.